The number of carbonyl (C=O) groups excluding carboxylic acids is 1. The van der Waals surface area contributed by atoms with Crippen molar-refractivity contribution in [2.24, 2.45) is 0 Å². The summed E-state index contributed by atoms with van der Waals surface area (Å²) < 4.78 is 13.1. The zero-order chi connectivity index (χ0) is 16.8. The second-order valence-corrected chi connectivity index (χ2v) is 6.55. The molecule has 2 atom stereocenters. The van der Waals surface area contributed by atoms with Gasteiger partial charge >= 0.3 is 0 Å². The van der Waals surface area contributed by atoms with Gasteiger partial charge in [0.15, 0.2) is 0 Å². The van der Waals surface area contributed by atoms with Gasteiger partial charge in [0.2, 0.25) is 5.91 Å². The third-order valence-corrected chi connectivity index (χ3v) is 4.57. The number of likely N-dealkylation sites (N-methyl/N-ethyl adjacent to an activating group) is 1. The molecule has 23 heavy (non-hydrogen) atoms. The lowest BCUT2D eigenvalue weighted by atomic mass is 10.1. The van der Waals surface area contributed by atoms with Crippen LogP contribution < -0.4 is 5.32 Å². The van der Waals surface area contributed by atoms with Crippen molar-refractivity contribution in [1.29, 1.82) is 0 Å². The van der Waals surface area contributed by atoms with Crippen LogP contribution in [0.3, 0.4) is 0 Å². The van der Waals surface area contributed by atoms with Crippen molar-refractivity contribution >= 4 is 17.2 Å². The van der Waals surface area contributed by atoms with Crippen LogP contribution in [0.15, 0.2) is 41.8 Å². The normalized spacial score (nSPS) is 13.8. The summed E-state index contributed by atoms with van der Waals surface area (Å²) in [6.45, 7) is 0.461. The fourth-order valence-corrected chi connectivity index (χ4v) is 3.23. The first-order chi connectivity index (χ1) is 11.0. The van der Waals surface area contributed by atoms with Crippen LogP contribution in [0.5, 0.6) is 0 Å². The van der Waals surface area contributed by atoms with E-state index in [2.05, 4.69) is 5.32 Å². The fraction of sp³-hybridized carbons (Fsp3) is 0.353. The Morgan fingerprint density at radius 1 is 1.35 bits per heavy atom. The molecule has 1 heterocycles. The summed E-state index contributed by atoms with van der Waals surface area (Å²) >= 11 is 1.64. The predicted molar refractivity (Wildman–Crippen MR) is 89.7 cm³/mol. The number of aliphatic hydroxyl groups is 1. The van der Waals surface area contributed by atoms with Gasteiger partial charge in [0, 0.05) is 11.4 Å². The van der Waals surface area contributed by atoms with Crippen molar-refractivity contribution in [3.05, 3.63) is 58.0 Å². The van der Waals surface area contributed by atoms with Crippen LogP contribution in [0.2, 0.25) is 0 Å². The molecule has 0 saturated heterocycles. The standard InChI is InChI=1S/C17H21FN2O2S/c1-20(2)14(16-7-4-8-23-16)11-19-17(22)10-15(21)12-5-3-6-13(18)9-12/h3-9,14-15,21H,10-11H2,1-2H3,(H,19,22). The fourth-order valence-electron chi connectivity index (χ4n) is 2.31. The van der Waals surface area contributed by atoms with E-state index >= 15 is 0 Å². The Labute approximate surface area is 139 Å². The molecule has 1 aromatic carbocycles. The smallest absolute Gasteiger partial charge is 0.223 e. The number of hydrogen-bond donors (Lipinski definition) is 2. The van der Waals surface area contributed by atoms with Gasteiger partial charge in [-0.3, -0.25) is 4.79 Å². The summed E-state index contributed by atoms with van der Waals surface area (Å²) in [6.07, 6.45) is -1.10. The highest BCUT2D eigenvalue weighted by Gasteiger charge is 2.18. The summed E-state index contributed by atoms with van der Waals surface area (Å²) in [6, 6.07) is 9.77. The van der Waals surface area contributed by atoms with Crippen LogP contribution in [-0.4, -0.2) is 36.6 Å². The highest BCUT2D eigenvalue weighted by molar-refractivity contribution is 7.10. The Morgan fingerprint density at radius 3 is 2.74 bits per heavy atom. The number of benzene rings is 1. The molecule has 2 aromatic rings. The van der Waals surface area contributed by atoms with E-state index in [-0.39, 0.29) is 18.4 Å². The van der Waals surface area contributed by atoms with Crippen LogP contribution in [-0.2, 0) is 4.79 Å². The Bertz CT molecular complexity index is 631. The minimum atomic E-state index is -1.01. The topological polar surface area (TPSA) is 52.6 Å². The maximum absolute atomic E-state index is 13.1. The van der Waals surface area contributed by atoms with E-state index in [0.29, 0.717) is 12.1 Å². The van der Waals surface area contributed by atoms with E-state index in [1.54, 1.807) is 17.4 Å². The Balaban J connectivity index is 1.89. The van der Waals surface area contributed by atoms with Gasteiger partial charge in [-0.2, -0.15) is 0 Å². The molecular formula is C17H21FN2O2S. The summed E-state index contributed by atoms with van der Waals surface area (Å²) in [7, 11) is 3.91. The molecule has 0 aliphatic carbocycles. The van der Waals surface area contributed by atoms with E-state index in [0.717, 1.165) is 0 Å². The monoisotopic (exact) mass is 336 g/mol. The maximum Gasteiger partial charge on any atom is 0.223 e. The molecule has 0 fully saturated rings. The van der Waals surface area contributed by atoms with Gasteiger partial charge in [-0.15, -0.1) is 11.3 Å². The third-order valence-electron chi connectivity index (χ3n) is 3.60. The number of nitrogens with one attached hydrogen (secondary N) is 1. The summed E-state index contributed by atoms with van der Waals surface area (Å²) in [5.41, 5.74) is 0.405. The second-order valence-electron chi connectivity index (χ2n) is 5.57. The summed E-state index contributed by atoms with van der Waals surface area (Å²) in [4.78, 5) is 15.2. The van der Waals surface area contributed by atoms with Crippen LogP contribution in [0, 0.1) is 5.82 Å². The number of carbonyl (C=O) groups is 1. The first-order valence-electron chi connectivity index (χ1n) is 7.37. The predicted octanol–water partition coefficient (Wildman–Crippen LogP) is 2.73. The van der Waals surface area contributed by atoms with Crippen molar-refractivity contribution < 1.29 is 14.3 Å². The molecule has 1 amide bonds. The number of aliphatic hydroxyl groups excluding tert-OH is 1. The summed E-state index contributed by atoms with van der Waals surface area (Å²) in [5, 5.41) is 14.9. The van der Waals surface area contributed by atoms with Gasteiger partial charge in [0.25, 0.3) is 0 Å². The molecule has 0 saturated carbocycles. The zero-order valence-electron chi connectivity index (χ0n) is 13.2. The van der Waals surface area contributed by atoms with E-state index in [4.69, 9.17) is 0 Å². The van der Waals surface area contributed by atoms with Crippen LogP contribution >= 0.6 is 11.3 Å². The Morgan fingerprint density at radius 2 is 2.13 bits per heavy atom. The molecular weight excluding hydrogens is 315 g/mol. The molecule has 1 aromatic heterocycles. The lowest BCUT2D eigenvalue weighted by molar-refractivity contribution is -0.123. The lowest BCUT2D eigenvalue weighted by Crippen LogP contribution is -2.34. The van der Waals surface area contributed by atoms with Gasteiger partial charge in [-0.05, 0) is 43.2 Å². The van der Waals surface area contributed by atoms with Crippen LogP contribution in [0.25, 0.3) is 0 Å². The van der Waals surface area contributed by atoms with Gasteiger partial charge in [0.1, 0.15) is 5.82 Å². The molecule has 2 N–H and O–H groups in total. The SMILES string of the molecule is CN(C)C(CNC(=O)CC(O)c1cccc(F)c1)c1cccs1. The summed E-state index contributed by atoms with van der Waals surface area (Å²) in [5.74, 6) is -0.683. The average Bonchev–Trinajstić information content (AvgIpc) is 3.01. The molecule has 2 rings (SSSR count). The van der Waals surface area contributed by atoms with Crippen molar-refractivity contribution in [3.63, 3.8) is 0 Å². The molecule has 0 spiro atoms. The Hall–Kier alpha value is -1.76. The maximum atomic E-state index is 13.1. The number of thiophene rings is 1. The average molecular weight is 336 g/mol. The van der Waals surface area contributed by atoms with Gasteiger partial charge in [-0.25, -0.2) is 4.39 Å². The minimum absolute atomic E-state index is 0.0882. The van der Waals surface area contributed by atoms with Crippen molar-refractivity contribution in [3.8, 4) is 0 Å². The molecule has 2 unspecified atom stereocenters. The number of amides is 1. The van der Waals surface area contributed by atoms with Crippen molar-refractivity contribution in [2.75, 3.05) is 20.6 Å². The molecule has 0 aliphatic rings. The van der Waals surface area contributed by atoms with Crippen LogP contribution in [0.4, 0.5) is 4.39 Å². The van der Waals surface area contributed by atoms with E-state index < -0.39 is 11.9 Å². The quantitative estimate of drug-likeness (QED) is 0.817. The van der Waals surface area contributed by atoms with E-state index in [9.17, 15) is 14.3 Å². The highest BCUT2D eigenvalue weighted by atomic mass is 32.1. The molecule has 124 valence electrons. The van der Waals surface area contributed by atoms with Crippen molar-refractivity contribution in [1.82, 2.24) is 10.2 Å². The number of rotatable bonds is 7. The molecule has 0 bridgehead atoms. The van der Waals surface area contributed by atoms with E-state index in [1.807, 2.05) is 36.5 Å². The van der Waals surface area contributed by atoms with Crippen molar-refractivity contribution in [2.45, 2.75) is 18.6 Å². The van der Waals surface area contributed by atoms with Gasteiger partial charge in [0.05, 0.1) is 18.6 Å². The first-order valence-corrected chi connectivity index (χ1v) is 8.25. The third kappa shape index (κ3) is 5.13. The minimum Gasteiger partial charge on any atom is -0.388 e. The van der Waals surface area contributed by atoms with Gasteiger partial charge < -0.3 is 15.3 Å². The van der Waals surface area contributed by atoms with E-state index in [1.165, 1.54) is 23.1 Å². The molecule has 0 aliphatic heterocycles. The van der Waals surface area contributed by atoms with Gasteiger partial charge in [-0.1, -0.05) is 18.2 Å². The number of halogens is 1. The molecule has 6 heteroatoms. The molecule has 0 radical (unpaired) electrons. The second kappa shape index (κ2) is 8.19. The number of nitrogens with zero attached hydrogens (tertiary/aromatic N) is 1. The largest absolute Gasteiger partial charge is 0.388 e. The first kappa shape index (κ1) is 17.6. The molecule has 4 nitrogen and oxygen atoms in total. The highest BCUT2D eigenvalue weighted by Crippen LogP contribution is 2.22. The van der Waals surface area contributed by atoms with Crippen LogP contribution in [0.1, 0.15) is 29.0 Å². The Kier molecular flexibility index (Phi) is 6.27. The zero-order valence-corrected chi connectivity index (χ0v) is 14.0. The lowest BCUT2D eigenvalue weighted by Gasteiger charge is -2.23. The number of hydrogen-bond acceptors (Lipinski definition) is 4.